The van der Waals surface area contributed by atoms with Gasteiger partial charge in [-0.1, -0.05) is 48.5 Å². The SMILES string of the molecule is O=C(/C=C/c1ccccc1OC(F)F)N1CCN(S(=O)(=O)Cc2ccccc2)CC1. The maximum Gasteiger partial charge on any atom is 0.387 e. The Morgan fingerprint density at radius 3 is 2.30 bits per heavy atom. The highest BCUT2D eigenvalue weighted by Gasteiger charge is 2.28. The van der Waals surface area contributed by atoms with Crippen molar-refractivity contribution in [2.45, 2.75) is 12.4 Å². The van der Waals surface area contributed by atoms with E-state index in [9.17, 15) is 22.0 Å². The Kier molecular flexibility index (Phi) is 7.17. The Bertz CT molecular complexity index is 989. The fraction of sp³-hybridized carbons (Fsp3) is 0.286. The van der Waals surface area contributed by atoms with Gasteiger partial charge in [0.1, 0.15) is 5.75 Å². The molecule has 1 saturated heterocycles. The van der Waals surface area contributed by atoms with Crippen LogP contribution in [0.2, 0.25) is 0 Å². The second-order valence-corrected chi connectivity index (χ2v) is 8.68. The van der Waals surface area contributed by atoms with E-state index >= 15 is 0 Å². The number of alkyl halides is 2. The van der Waals surface area contributed by atoms with Crippen molar-refractivity contribution >= 4 is 22.0 Å². The summed E-state index contributed by atoms with van der Waals surface area (Å²) in [4.78, 5) is 14.0. The van der Waals surface area contributed by atoms with E-state index in [1.807, 2.05) is 6.07 Å². The van der Waals surface area contributed by atoms with Crippen LogP contribution in [0, 0.1) is 0 Å². The zero-order chi connectivity index (χ0) is 21.6. The van der Waals surface area contributed by atoms with Crippen LogP contribution in [0.3, 0.4) is 0 Å². The van der Waals surface area contributed by atoms with Crippen LogP contribution in [0.1, 0.15) is 11.1 Å². The van der Waals surface area contributed by atoms with E-state index in [0.29, 0.717) is 11.1 Å². The molecule has 2 aromatic carbocycles. The van der Waals surface area contributed by atoms with Crippen molar-refractivity contribution in [2.75, 3.05) is 26.2 Å². The first-order valence-corrected chi connectivity index (χ1v) is 11.0. The van der Waals surface area contributed by atoms with Crippen LogP contribution in [0.5, 0.6) is 5.75 Å². The van der Waals surface area contributed by atoms with Gasteiger partial charge in [0.25, 0.3) is 0 Å². The van der Waals surface area contributed by atoms with Crippen LogP contribution in [-0.2, 0) is 20.6 Å². The fourth-order valence-corrected chi connectivity index (χ4v) is 4.67. The Balaban J connectivity index is 1.57. The quantitative estimate of drug-likeness (QED) is 0.626. The maximum atomic E-state index is 12.6. The summed E-state index contributed by atoms with van der Waals surface area (Å²) >= 11 is 0. The molecule has 0 atom stereocenters. The van der Waals surface area contributed by atoms with Gasteiger partial charge in [-0.3, -0.25) is 4.79 Å². The number of carbonyl (C=O) groups is 1. The van der Waals surface area contributed by atoms with Crippen LogP contribution < -0.4 is 4.74 Å². The van der Waals surface area contributed by atoms with E-state index in [1.165, 1.54) is 27.4 Å². The highest BCUT2D eigenvalue weighted by molar-refractivity contribution is 7.88. The summed E-state index contributed by atoms with van der Waals surface area (Å²) in [6, 6.07) is 15.1. The average Bonchev–Trinajstić information content (AvgIpc) is 2.73. The molecule has 0 radical (unpaired) electrons. The number of nitrogens with zero attached hydrogens (tertiary/aromatic N) is 2. The number of ether oxygens (including phenoxy) is 1. The minimum Gasteiger partial charge on any atom is -0.434 e. The minimum atomic E-state index is -3.47. The molecule has 0 aromatic heterocycles. The van der Waals surface area contributed by atoms with Crippen LogP contribution in [0.15, 0.2) is 60.7 Å². The number of piperazine rings is 1. The predicted molar refractivity (Wildman–Crippen MR) is 109 cm³/mol. The van der Waals surface area contributed by atoms with Gasteiger partial charge < -0.3 is 9.64 Å². The molecule has 0 bridgehead atoms. The van der Waals surface area contributed by atoms with Crippen molar-refractivity contribution in [3.8, 4) is 5.75 Å². The van der Waals surface area contributed by atoms with Gasteiger partial charge in [0.2, 0.25) is 15.9 Å². The Morgan fingerprint density at radius 1 is 1.00 bits per heavy atom. The first kappa shape index (κ1) is 21.9. The monoisotopic (exact) mass is 436 g/mol. The smallest absolute Gasteiger partial charge is 0.387 e. The molecular formula is C21H22F2N2O4S. The summed E-state index contributed by atoms with van der Waals surface area (Å²) in [7, 11) is -3.47. The van der Waals surface area contributed by atoms with E-state index in [1.54, 1.807) is 42.5 Å². The first-order valence-electron chi connectivity index (χ1n) is 9.38. The molecule has 1 amide bonds. The number of hydrogen-bond donors (Lipinski definition) is 0. The van der Waals surface area contributed by atoms with Gasteiger partial charge in [0, 0.05) is 37.8 Å². The van der Waals surface area contributed by atoms with E-state index < -0.39 is 16.6 Å². The fourth-order valence-electron chi connectivity index (χ4n) is 3.15. The molecule has 160 valence electrons. The van der Waals surface area contributed by atoms with Gasteiger partial charge in [-0.2, -0.15) is 13.1 Å². The number of benzene rings is 2. The lowest BCUT2D eigenvalue weighted by atomic mass is 10.2. The second-order valence-electron chi connectivity index (χ2n) is 6.72. The third-order valence-electron chi connectivity index (χ3n) is 4.68. The number of halogens is 2. The number of carbonyl (C=O) groups excluding carboxylic acids is 1. The first-order chi connectivity index (χ1) is 14.3. The normalized spacial score (nSPS) is 15.6. The van der Waals surface area contributed by atoms with Gasteiger partial charge in [-0.15, -0.1) is 0 Å². The molecule has 3 rings (SSSR count). The average molecular weight is 436 g/mol. The summed E-state index contributed by atoms with van der Waals surface area (Å²) in [6.45, 7) is -2.03. The standard InChI is InChI=1S/C21H22F2N2O4S/c22-21(23)29-19-9-5-4-8-18(19)10-11-20(26)24-12-14-25(15-13-24)30(27,28)16-17-6-2-1-3-7-17/h1-11,21H,12-16H2/b11-10+. The lowest BCUT2D eigenvalue weighted by molar-refractivity contribution is -0.127. The van der Waals surface area contributed by atoms with E-state index in [-0.39, 0.29) is 43.6 Å². The number of para-hydroxylation sites is 1. The minimum absolute atomic E-state index is 0.0200. The summed E-state index contributed by atoms with van der Waals surface area (Å²) in [6.07, 6.45) is 2.69. The largest absolute Gasteiger partial charge is 0.434 e. The van der Waals surface area contributed by atoms with Crippen molar-refractivity contribution in [2.24, 2.45) is 0 Å². The number of amides is 1. The van der Waals surface area contributed by atoms with E-state index in [0.717, 1.165) is 0 Å². The van der Waals surface area contributed by atoms with Crippen LogP contribution in [-0.4, -0.2) is 56.3 Å². The summed E-state index contributed by atoms with van der Waals surface area (Å²) < 4.78 is 56.0. The van der Waals surface area contributed by atoms with Gasteiger partial charge in [-0.25, -0.2) is 8.42 Å². The molecule has 0 unspecified atom stereocenters. The van der Waals surface area contributed by atoms with Crippen LogP contribution >= 0.6 is 0 Å². The lowest BCUT2D eigenvalue weighted by Crippen LogP contribution is -2.50. The Hall–Kier alpha value is -2.78. The van der Waals surface area contributed by atoms with E-state index in [4.69, 9.17) is 0 Å². The number of sulfonamides is 1. The topological polar surface area (TPSA) is 66.9 Å². The van der Waals surface area contributed by atoms with Gasteiger partial charge in [0.05, 0.1) is 5.75 Å². The Labute approximate surface area is 174 Å². The molecule has 0 saturated carbocycles. The molecule has 0 spiro atoms. The predicted octanol–water partition coefficient (Wildman–Crippen LogP) is 2.98. The summed E-state index contributed by atoms with van der Waals surface area (Å²) in [5, 5.41) is 0. The van der Waals surface area contributed by atoms with Gasteiger partial charge >= 0.3 is 6.61 Å². The van der Waals surface area contributed by atoms with Crippen molar-refractivity contribution in [3.05, 3.63) is 71.8 Å². The molecule has 30 heavy (non-hydrogen) atoms. The number of hydrogen-bond acceptors (Lipinski definition) is 4. The van der Waals surface area contributed by atoms with E-state index in [2.05, 4.69) is 4.74 Å². The third kappa shape index (κ3) is 5.87. The molecule has 1 aliphatic rings. The summed E-state index contributed by atoms with van der Waals surface area (Å²) in [5.74, 6) is -0.418. The molecule has 1 aliphatic heterocycles. The third-order valence-corrected chi connectivity index (χ3v) is 6.53. The van der Waals surface area contributed by atoms with Crippen molar-refractivity contribution in [3.63, 3.8) is 0 Å². The molecule has 2 aromatic rings. The molecule has 0 aliphatic carbocycles. The maximum absolute atomic E-state index is 12.6. The lowest BCUT2D eigenvalue weighted by Gasteiger charge is -2.33. The van der Waals surface area contributed by atoms with Crippen molar-refractivity contribution in [1.82, 2.24) is 9.21 Å². The molecule has 6 nitrogen and oxygen atoms in total. The second kappa shape index (κ2) is 9.82. The Morgan fingerprint density at radius 2 is 1.63 bits per heavy atom. The van der Waals surface area contributed by atoms with Crippen molar-refractivity contribution in [1.29, 1.82) is 0 Å². The summed E-state index contributed by atoms with van der Waals surface area (Å²) in [5.41, 5.74) is 1.07. The zero-order valence-corrected chi connectivity index (χ0v) is 17.0. The highest BCUT2D eigenvalue weighted by Crippen LogP contribution is 2.22. The zero-order valence-electron chi connectivity index (χ0n) is 16.2. The number of rotatable bonds is 7. The molecule has 9 heteroatoms. The highest BCUT2D eigenvalue weighted by atomic mass is 32.2. The van der Waals surface area contributed by atoms with Crippen LogP contribution in [0.25, 0.3) is 6.08 Å². The molecule has 1 fully saturated rings. The van der Waals surface area contributed by atoms with Gasteiger partial charge in [0.15, 0.2) is 0 Å². The van der Waals surface area contributed by atoms with Gasteiger partial charge in [-0.05, 0) is 17.7 Å². The van der Waals surface area contributed by atoms with Crippen LogP contribution in [0.4, 0.5) is 8.78 Å². The molecular weight excluding hydrogens is 414 g/mol. The molecule has 0 N–H and O–H groups in total. The molecule has 1 heterocycles. The van der Waals surface area contributed by atoms with Crippen molar-refractivity contribution < 1.29 is 26.7 Å².